The molecule has 3 atom stereocenters. The molecule has 0 radical (unpaired) electrons. The van der Waals surface area contributed by atoms with Crippen molar-refractivity contribution in [2.75, 3.05) is 24.5 Å². The molecule has 0 aromatic carbocycles. The van der Waals surface area contributed by atoms with Gasteiger partial charge < -0.3 is 10.2 Å². The third-order valence-corrected chi connectivity index (χ3v) is 4.19. The number of nitrogens with zero attached hydrogens (tertiary/aromatic N) is 3. The van der Waals surface area contributed by atoms with Crippen LogP contribution in [0.3, 0.4) is 0 Å². The van der Waals surface area contributed by atoms with Crippen molar-refractivity contribution in [3.63, 3.8) is 0 Å². The van der Waals surface area contributed by atoms with E-state index in [0.29, 0.717) is 6.04 Å². The number of aromatic nitrogens is 2. The zero-order valence-electron chi connectivity index (χ0n) is 10.6. The Bertz CT molecular complexity index is 406. The van der Waals surface area contributed by atoms with Crippen LogP contribution in [0.15, 0.2) is 12.3 Å². The minimum Gasteiger partial charge on any atom is -0.353 e. The van der Waals surface area contributed by atoms with Crippen molar-refractivity contribution in [2.24, 2.45) is 11.8 Å². The van der Waals surface area contributed by atoms with Crippen molar-refractivity contribution < 1.29 is 0 Å². The summed E-state index contributed by atoms with van der Waals surface area (Å²) < 4.78 is 0. The van der Waals surface area contributed by atoms with Gasteiger partial charge in [0.2, 0.25) is 0 Å². The molecule has 3 heterocycles. The van der Waals surface area contributed by atoms with Crippen molar-refractivity contribution in [1.82, 2.24) is 15.3 Å². The Morgan fingerprint density at radius 2 is 2.35 bits per heavy atom. The molecule has 0 aliphatic carbocycles. The predicted molar refractivity (Wildman–Crippen MR) is 68.0 cm³/mol. The van der Waals surface area contributed by atoms with Gasteiger partial charge in [0.1, 0.15) is 11.6 Å². The molecule has 4 nitrogen and oxygen atoms in total. The first-order valence-corrected chi connectivity index (χ1v) is 6.56. The van der Waals surface area contributed by atoms with Crippen LogP contribution in [0.1, 0.15) is 19.2 Å². The predicted octanol–water partition coefficient (Wildman–Crippen LogP) is 1.22. The normalized spacial score (nSPS) is 31.9. The number of hydrogen-bond acceptors (Lipinski definition) is 4. The molecule has 4 heteroatoms. The molecule has 1 N–H and O–H groups in total. The van der Waals surface area contributed by atoms with Gasteiger partial charge in [0.15, 0.2) is 0 Å². The molecule has 2 aliphatic rings. The topological polar surface area (TPSA) is 41.0 Å². The van der Waals surface area contributed by atoms with Gasteiger partial charge in [-0.3, -0.25) is 0 Å². The van der Waals surface area contributed by atoms with E-state index in [4.69, 9.17) is 0 Å². The van der Waals surface area contributed by atoms with Gasteiger partial charge in [0, 0.05) is 31.9 Å². The largest absolute Gasteiger partial charge is 0.353 e. The van der Waals surface area contributed by atoms with E-state index in [1.54, 1.807) is 0 Å². The minimum atomic E-state index is 0.643. The van der Waals surface area contributed by atoms with Crippen molar-refractivity contribution in [1.29, 1.82) is 0 Å². The Hall–Kier alpha value is -1.16. The minimum absolute atomic E-state index is 0.643. The van der Waals surface area contributed by atoms with E-state index in [1.165, 1.54) is 19.5 Å². The van der Waals surface area contributed by atoms with Crippen LogP contribution in [0.2, 0.25) is 0 Å². The third-order valence-electron chi connectivity index (χ3n) is 4.19. The maximum Gasteiger partial charge on any atom is 0.132 e. The first-order chi connectivity index (χ1) is 8.29. The van der Waals surface area contributed by atoms with Crippen molar-refractivity contribution in [3.05, 3.63) is 18.1 Å². The van der Waals surface area contributed by atoms with E-state index in [2.05, 4.69) is 27.1 Å². The summed E-state index contributed by atoms with van der Waals surface area (Å²) in [5.41, 5.74) is 0. The average molecular weight is 232 g/mol. The molecule has 2 fully saturated rings. The first kappa shape index (κ1) is 11.0. The lowest BCUT2D eigenvalue weighted by atomic mass is 9.93. The second-order valence-electron chi connectivity index (χ2n) is 5.17. The smallest absolute Gasteiger partial charge is 0.132 e. The molecule has 2 aliphatic heterocycles. The Morgan fingerprint density at radius 3 is 3.12 bits per heavy atom. The SMILES string of the molecule is CCC1C2CNCC2CN1c1ccnc(C)n1. The summed E-state index contributed by atoms with van der Waals surface area (Å²) in [6, 6.07) is 2.69. The first-order valence-electron chi connectivity index (χ1n) is 6.56. The molecule has 2 saturated heterocycles. The number of rotatable bonds is 2. The van der Waals surface area contributed by atoms with Gasteiger partial charge in [-0.25, -0.2) is 9.97 Å². The van der Waals surface area contributed by atoms with E-state index < -0.39 is 0 Å². The highest BCUT2D eigenvalue weighted by atomic mass is 15.3. The Balaban J connectivity index is 1.88. The number of hydrogen-bond donors (Lipinski definition) is 1. The maximum absolute atomic E-state index is 4.58. The van der Waals surface area contributed by atoms with Gasteiger partial charge in [0.05, 0.1) is 0 Å². The fourth-order valence-corrected chi connectivity index (χ4v) is 3.41. The standard InChI is InChI=1S/C13H20N4/c1-3-12-11-7-14-6-10(11)8-17(12)13-4-5-15-9(2)16-13/h4-5,10-12,14H,3,6-8H2,1-2H3. The highest BCUT2D eigenvalue weighted by molar-refractivity contribution is 5.41. The Labute approximate surface area is 102 Å². The summed E-state index contributed by atoms with van der Waals surface area (Å²) in [7, 11) is 0. The van der Waals surface area contributed by atoms with Crippen molar-refractivity contribution in [2.45, 2.75) is 26.3 Å². The van der Waals surface area contributed by atoms with Crippen LogP contribution in [0.25, 0.3) is 0 Å². The monoisotopic (exact) mass is 232 g/mol. The van der Waals surface area contributed by atoms with E-state index in [9.17, 15) is 0 Å². The second kappa shape index (κ2) is 4.26. The summed E-state index contributed by atoms with van der Waals surface area (Å²) in [4.78, 5) is 11.3. The quantitative estimate of drug-likeness (QED) is 0.832. The second-order valence-corrected chi connectivity index (χ2v) is 5.17. The van der Waals surface area contributed by atoms with Crippen LogP contribution in [0.5, 0.6) is 0 Å². The Morgan fingerprint density at radius 1 is 1.47 bits per heavy atom. The number of aryl methyl sites for hydroxylation is 1. The van der Waals surface area contributed by atoms with Crippen molar-refractivity contribution in [3.8, 4) is 0 Å². The lowest BCUT2D eigenvalue weighted by Gasteiger charge is -2.27. The molecule has 17 heavy (non-hydrogen) atoms. The molecule has 0 amide bonds. The zero-order chi connectivity index (χ0) is 11.8. The molecular formula is C13H20N4. The lowest BCUT2D eigenvalue weighted by Crippen LogP contribution is -2.35. The van der Waals surface area contributed by atoms with Gasteiger partial charge in [0.25, 0.3) is 0 Å². The summed E-state index contributed by atoms with van der Waals surface area (Å²) in [6.45, 7) is 7.73. The maximum atomic E-state index is 4.58. The van der Waals surface area contributed by atoms with E-state index in [1.807, 2.05) is 19.2 Å². The summed E-state index contributed by atoms with van der Waals surface area (Å²) in [6.07, 6.45) is 3.07. The van der Waals surface area contributed by atoms with E-state index >= 15 is 0 Å². The van der Waals surface area contributed by atoms with Crippen LogP contribution in [0.4, 0.5) is 5.82 Å². The van der Waals surface area contributed by atoms with Gasteiger partial charge in [-0.05, 0) is 31.2 Å². The molecule has 1 aromatic heterocycles. The Kier molecular flexibility index (Phi) is 2.74. The molecule has 0 spiro atoms. The summed E-state index contributed by atoms with van der Waals surface area (Å²) in [5.74, 6) is 3.58. The van der Waals surface area contributed by atoms with Crippen LogP contribution in [0, 0.1) is 18.8 Å². The number of anilines is 1. The van der Waals surface area contributed by atoms with Crippen LogP contribution >= 0.6 is 0 Å². The summed E-state index contributed by atoms with van der Waals surface area (Å²) in [5, 5.41) is 3.51. The summed E-state index contributed by atoms with van der Waals surface area (Å²) >= 11 is 0. The fourth-order valence-electron chi connectivity index (χ4n) is 3.41. The van der Waals surface area contributed by atoms with Crippen LogP contribution in [-0.2, 0) is 0 Å². The molecule has 3 unspecified atom stereocenters. The van der Waals surface area contributed by atoms with E-state index in [0.717, 1.165) is 30.0 Å². The zero-order valence-corrected chi connectivity index (χ0v) is 10.6. The third kappa shape index (κ3) is 1.80. The lowest BCUT2D eigenvalue weighted by molar-refractivity contribution is 0.441. The van der Waals surface area contributed by atoms with E-state index in [-0.39, 0.29) is 0 Å². The van der Waals surface area contributed by atoms with Gasteiger partial charge >= 0.3 is 0 Å². The average Bonchev–Trinajstić information content (AvgIpc) is 2.88. The highest BCUT2D eigenvalue weighted by Crippen LogP contribution is 2.36. The highest BCUT2D eigenvalue weighted by Gasteiger charge is 2.43. The molecular weight excluding hydrogens is 212 g/mol. The van der Waals surface area contributed by atoms with Crippen LogP contribution in [-0.4, -0.2) is 35.6 Å². The molecule has 3 rings (SSSR count). The molecule has 0 bridgehead atoms. The van der Waals surface area contributed by atoms with Crippen molar-refractivity contribution >= 4 is 5.82 Å². The molecule has 0 saturated carbocycles. The fraction of sp³-hybridized carbons (Fsp3) is 0.692. The van der Waals surface area contributed by atoms with Crippen LogP contribution < -0.4 is 10.2 Å². The van der Waals surface area contributed by atoms with Gasteiger partial charge in [-0.15, -0.1) is 0 Å². The van der Waals surface area contributed by atoms with Gasteiger partial charge in [-0.1, -0.05) is 6.92 Å². The molecule has 1 aromatic rings. The number of fused-ring (bicyclic) bond motifs is 1. The molecule has 92 valence electrons. The number of nitrogens with one attached hydrogen (secondary N) is 1. The van der Waals surface area contributed by atoms with Gasteiger partial charge in [-0.2, -0.15) is 0 Å².